The van der Waals surface area contributed by atoms with Crippen molar-refractivity contribution in [3.8, 4) is 0 Å². The van der Waals surface area contributed by atoms with Gasteiger partial charge in [-0.05, 0) is 11.6 Å². The minimum absolute atomic E-state index is 0.0517. The van der Waals surface area contributed by atoms with Crippen LogP contribution < -0.4 is 0 Å². The van der Waals surface area contributed by atoms with Crippen molar-refractivity contribution in [2.75, 3.05) is 14.2 Å². The molecule has 0 spiro atoms. The highest BCUT2D eigenvalue weighted by Gasteiger charge is 2.36. The van der Waals surface area contributed by atoms with Crippen LogP contribution in [-0.4, -0.2) is 27.8 Å². The molecule has 0 saturated carbocycles. The largest absolute Gasteiger partial charge is 0.502 e. The SMILES string of the molecule is CO[Si](O)(Cc1cccc(C(F)(F)F)c1)OC. The van der Waals surface area contributed by atoms with Crippen molar-refractivity contribution in [2.45, 2.75) is 12.2 Å². The van der Waals surface area contributed by atoms with E-state index in [1.807, 2.05) is 0 Å². The molecule has 3 nitrogen and oxygen atoms in total. The number of hydrogen-bond acceptors (Lipinski definition) is 3. The molecule has 7 heteroatoms. The second kappa shape index (κ2) is 5.17. The smallest absolute Gasteiger partial charge is 0.390 e. The minimum Gasteiger partial charge on any atom is -0.390 e. The average molecular weight is 266 g/mol. The standard InChI is InChI=1S/C10H13F3O3Si/c1-15-17(14,16-2)7-8-4-3-5-9(6-8)10(11,12)13/h3-6,14H,7H2,1-2H3. The van der Waals surface area contributed by atoms with Crippen LogP contribution in [0.2, 0.25) is 0 Å². The molecule has 0 amide bonds. The van der Waals surface area contributed by atoms with Gasteiger partial charge in [-0.3, -0.25) is 0 Å². The van der Waals surface area contributed by atoms with E-state index in [9.17, 15) is 18.0 Å². The van der Waals surface area contributed by atoms with Gasteiger partial charge in [-0.25, -0.2) is 0 Å². The maximum Gasteiger partial charge on any atom is 0.502 e. The van der Waals surface area contributed by atoms with Gasteiger partial charge in [0.2, 0.25) is 0 Å². The van der Waals surface area contributed by atoms with Gasteiger partial charge in [0.1, 0.15) is 0 Å². The van der Waals surface area contributed by atoms with Gasteiger partial charge in [0.05, 0.1) is 5.56 Å². The van der Waals surface area contributed by atoms with Crippen molar-refractivity contribution >= 4 is 8.80 Å². The summed E-state index contributed by atoms with van der Waals surface area (Å²) in [5.74, 6) is 0. The first-order chi connectivity index (χ1) is 7.80. The fourth-order valence-electron chi connectivity index (χ4n) is 1.34. The molecule has 1 aromatic carbocycles. The molecule has 0 aliphatic carbocycles. The van der Waals surface area contributed by atoms with Crippen LogP contribution in [0.4, 0.5) is 13.2 Å². The average Bonchev–Trinajstić information content (AvgIpc) is 2.28. The number of benzene rings is 1. The third-order valence-corrected chi connectivity index (χ3v) is 4.45. The second-order valence-electron chi connectivity index (χ2n) is 3.50. The zero-order valence-corrected chi connectivity index (χ0v) is 10.4. The molecule has 0 radical (unpaired) electrons. The highest BCUT2D eigenvalue weighted by Crippen LogP contribution is 2.30. The lowest BCUT2D eigenvalue weighted by Crippen LogP contribution is -2.43. The van der Waals surface area contributed by atoms with E-state index >= 15 is 0 Å². The summed E-state index contributed by atoms with van der Waals surface area (Å²) in [5, 5.41) is 0. The summed E-state index contributed by atoms with van der Waals surface area (Å²) < 4.78 is 47.0. The summed E-state index contributed by atoms with van der Waals surface area (Å²) in [4.78, 5) is 9.79. The third kappa shape index (κ3) is 3.81. The van der Waals surface area contributed by atoms with Crippen molar-refractivity contribution in [1.29, 1.82) is 0 Å². The molecule has 0 atom stereocenters. The maximum absolute atomic E-state index is 12.5. The monoisotopic (exact) mass is 266 g/mol. The van der Waals surface area contributed by atoms with Gasteiger partial charge in [0.25, 0.3) is 0 Å². The molecule has 0 saturated heterocycles. The van der Waals surface area contributed by atoms with Gasteiger partial charge in [-0.2, -0.15) is 13.2 Å². The molecule has 1 rings (SSSR count). The Labute approximate surface area is 98.2 Å². The first-order valence-electron chi connectivity index (χ1n) is 4.79. The third-order valence-electron chi connectivity index (χ3n) is 2.32. The highest BCUT2D eigenvalue weighted by molar-refractivity contribution is 6.58. The Balaban J connectivity index is 2.93. The lowest BCUT2D eigenvalue weighted by molar-refractivity contribution is -0.137. The number of halogens is 3. The van der Waals surface area contributed by atoms with Crippen LogP contribution in [-0.2, 0) is 21.1 Å². The van der Waals surface area contributed by atoms with Crippen molar-refractivity contribution in [3.63, 3.8) is 0 Å². The Hall–Kier alpha value is -0.893. The van der Waals surface area contributed by atoms with E-state index in [0.29, 0.717) is 5.56 Å². The Kier molecular flexibility index (Phi) is 4.31. The molecular formula is C10H13F3O3Si. The van der Waals surface area contributed by atoms with E-state index in [1.54, 1.807) is 0 Å². The molecule has 0 unspecified atom stereocenters. The molecule has 0 fully saturated rings. The summed E-state index contributed by atoms with van der Waals surface area (Å²) in [7, 11) is -0.853. The molecule has 96 valence electrons. The molecule has 0 aliphatic rings. The molecule has 0 aromatic heterocycles. The van der Waals surface area contributed by atoms with Crippen LogP contribution in [0.15, 0.2) is 24.3 Å². The summed E-state index contributed by atoms with van der Waals surface area (Å²) in [6.07, 6.45) is -4.39. The minimum atomic E-state index is -4.39. The Morgan fingerprint density at radius 2 is 1.82 bits per heavy atom. The van der Waals surface area contributed by atoms with E-state index < -0.39 is 20.5 Å². The van der Waals surface area contributed by atoms with Crippen LogP contribution in [0.3, 0.4) is 0 Å². The van der Waals surface area contributed by atoms with Crippen molar-refractivity contribution in [1.82, 2.24) is 0 Å². The summed E-state index contributed by atoms with van der Waals surface area (Å²) in [5.41, 5.74) is -0.420. The quantitative estimate of drug-likeness (QED) is 0.847. The number of rotatable bonds is 4. The molecule has 1 N–H and O–H groups in total. The van der Waals surface area contributed by atoms with E-state index in [1.165, 1.54) is 26.4 Å². The maximum atomic E-state index is 12.5. The molecular weight excluding hydrogens is 253 g/mol. The van der Waals surface area contributed by atoms with Gasteiger partial charge in [-0.1, -0.05) is 18.2 Å². The Morgan fingerprint density at radius 3 is 2.29 bits per heavy atom. The van der Waals surface area contributed by atoms with Gasteiger partial charge in [0.15, 0.2) is 0 Å². The van der Waals surface area contributed by atoms with Crippen LogP contribution in [0, 0.1) is 0 Å². The van der Waals surface area contributed by atoms with E-state index in [2.05, 4.69) is 0 Å². The van der Waals surface area contributed by atoms with Crippen LogP contribution in [0.1, 0.15) is 11.1 Å². The molecule has 0 heterocycles. The number of alkyl halides is 3. The Morgan fingerprint density at radius 1 is 1.24 bits per heavy atom. The summed E-state index contributed by atoms with van der Waals surface area (Å²) in [6.45, 7) is 0. The van der Waals surface area contributed by atoms with Crippen LogP contribution in [0.25, 0.3) is 0 Å². The van der Waals surface area contributed by atoms with E-state index in [-0.39, 0.29) is 6.04 Å². The first kappa shape index (κ1) is 14.2. The molecule has 17 heavy (non-hydrogen) atoms. The summed E-state index contributed by atoms with van der Waals surface area (Å²) >= 11 is 0. The van der Waals surface area contributed by atoms with Gasteiger partial charge >= 0.3 is 15.0 Å². The normalized spacial score (nSPS) is 12.8. The first-order valence-corrected chi connectivity index (χ1v) is 6.76. The van der Waals surface area contributed by atoms with Crippen molar-refractivity contribution in [2.24, 2.45) is 0 Å². The van der Waals surface area contributed by atoms with Crippen molar-refractivity contribution in [3.05, 3.63) is 35.4 Å². The fraction of sp³-hybridized carbons (Fsp3) is 0.400. The highest BCUT2D eigenvalue weighted by atomic mass is 28.4. The van der Waals surface area contributed by atoms with Gasteiger partial charge in [0, 0.05) is 20.3 Å². The topological polar surface area (TPSA) is 38.7 Å². The predicted molar refractivity (Wildman–Crippen MR) is 57.1 cm³/mol. The molecule has 0 bridgehead atoms. The lowest BCUT2D eigenvalue weighted by Gasteiger charge is -2.20. The second-order valence-corrected chi connectivity index (χ2v) is 6.09. The van der Waals surface area contributed by atoms with Crippen LogP contribution in [0.5, 0.6) is 0 Å². The van der Waals surface area contributed by atoms with E-state index in [4.69, 9.17) is 8.85 Å². The lowest BCUT2D eigenvalue weighted by atomic mass is 10.1. The zero-order valence-electron chi connectivity index (χ0n) is 9.41. The number of hydrogen-bond donors (Lipinski definition) is 1. The summed E-state index contributed by atoms with van der Waals surface area (Å²) in [6, 6.07) is 4.69. The van der Waals surface area contributed by atoms with Gasteiger partial charge < -0.3 is 13.6 Å². The van der Waals surface area contributed by atoms with Crippen molar-refractivity contribution < 1.29 is 26.8 Å². The van der Waals surface area contributed by atoms with Gasteiger partial charge in [-0.15, -0.1) is 0 Å². The molecule has 0 aliphatic heterocycles. The predicted octanol–water partition coefficient (Wildman–Crippen LogP) is 2.01. The van der Waals surface area contributed by atoms with E-state index in [0.717, 1.165) is 12.1 Å². The zero-order chi connectivity index (χ0) is 13.1. The molecule has 1 aromatic rings. The fourth-order valence-corrected chi connectivity index (χ4v) is 2.53. The Bertz CT molecular complexity index is 377. The van der Waals surface area contributed by atoms with Crippen LogP contribution >= 0.6 is 0 Å².